The van der Waals surface area contributed by atoms with Crippen molar-refractivity contribution in [2.45, 2.75) is 0 Å². The first kappa shape index (κ1) is 19.4. The maximum Gasteiger partial charge on any atom is 0.257 e. The summed E-state index contributed by atoms with van der Waals surface area (Å²) in [5.41, 5.74) is 7.31. The third-order valence-corrected chi connectivity index (χ3v) is 5.99. The van der Waals surface area contributed by atoms with Gasteiger partial charge in [0.15, 0.2) is 5.13 Å². The predicted molar refractivity (Wildman–Crippen MR) is 122 cm³/mol. The van der Waals surface area contributed by atoms with E-state index in [1.807, 2.05) is 24.3 Å². The minimum Gasteiger partial charge on any atom is -0.378 e. The van der Waals surface area contributed by atoms with Gasteiger partial charge >= 0.3 is 0 Å². The molecule has 0 radical (unpaired) electrons. The Bertz CT molecular complexity index is 1250. The number of ether oxygens (including phenoxy) is 1. The average molecular weight is 433 g/mol. The number of thiazole rings is 1. The van der Waals surface area contributed by atoms with Crippen molar-refractivity contribution in [3.8, 4) is 10.4 Å². The fourth-order valence-corrected chi connectivity index (χ4v) is 4.18. The molecular weight excluding hydrogens is 412 g/mol. The summed E-state index contributed by atoms with van der Waals surface area (Å²) < 4.78 is 5.38. The molecule has 0 atom stereocenters. The van der Waals surface area contributed by atoms with Crippen LogP contribution in [0.1, 0.15) is 10.4 Å². The molecule has 0 bridgehead atoms. The molecule has 1 fully saturated rings. The van der Waals surface area contributed by atoms with Gasteiger partial charge in [0, 0.05) is 42.6 Å². The van der Waals surface area contributed by atoms with Crippen LogP contribution in [0.2, 0.25) is 0 Å². The van der Waals surface area contributed by atoms with E-state index >= 15 is 0 Å². The smallest absolute Gasteiger partial charge is 0.257 e. The maximum atomic E-state index is 12.8. The molecule has 156 valence electrons. The molecule has 31 heavy (non-hydrogen) atoms. The highest BCUT2D eigenvalue weighted by Crippen LogP contribution is 2.30. The lowest BCUT2D eigenvalue weighted by Gasteiger charge is -2.27. The Morgan fingerprint density at radius 3 is 2.71 bits per heavy atom. The van der Waals surface area contributed by atoms with Crippen molar-refractivity contribution in [3.63, 3.8) is 0 Å². The SMILES string of the molecule is Nc1ncc(-c2ccc3cnc(NC(=O)c4ccnc(N5CCOCC5)c4)cc3c2)s1. The highest BCUT2D eigenvalue weighted by Gasteiger charge is 2.15. The molecule has 1 aliphatic heterocycles. The second-order valence-corrected chi connectivity index (χ2v) is 8.21. The number of anilines is 3. The molecule has 9 heteroatoms. The summed E-state index contributed by atoms with van der Waals surface area (Å²) in [6.07, 6.45) is 5.17. The molecule has 1 amide bonds. The first-order valence-electron chi connectivity index (χ1n) is 9.87. The highest BCUT2D eigenvalue weighted by molar-refractivity contribution is 7.18. The molecule has 0 unspecified atom stereocenters. The summed E-state index contributed by atoms with van der Waals surface area (Å²) >= 11 is 1.44. The molecule has 0 aliphatic carbocycles. The van der Waals surface area contributed by atoms with E-state index in [1.54, 1.807) is 30.7 Å². The normalized spacial score (nSPS) is 14.0. The molecule has 1 aromatic carbocycles. The number of benzene rings is 1. The number of hydrogen-bond donors (Lipinski definition) is 2. The van der Waals surface area contributed by atoms with E-state index in [2.05, 4.69) is 25.2 Å². The Balaban J connectivity index is 1.37. The summed E-state index contributed by atoms with van der Waals surface area (Å²) in [6.45, 7) is 2.85. The van der Waals surface area contributed by atoms with Crippen molar-refractivity contribution >= 4 is 44.8 Å². The summed E-state index contributed by atoms with van der Waals surface area (Å²) in [6, 6.07) is 11.4. The number of morpholine rings is 1. The van der Waals surface area contributed by atoms with E-state index < -0.39 is 0 Å². The van der Waals surface area contributed by atoms with Crippen LogP contribution in [0.25, 0.3) is 21.2 Å². The molecule has 4 heterocycles. The number of pyridine rings is 2. The van der Waals surface area contributed by atoms with Crippen molar-refractivity contribution in [1.82, 2.24) is 15.0 Å². The molecule has 3 aromatic heterocycles. The zero-order valence-electron chi connectivity index (χ0n) is 16.6. The summed E-state index contributed by atoms with van der Waals surface area (Å²) in [5, 5.41) is 5.38. The monoisotopic (exact) mass is 432 g/mol. The highest BCUT2D eigenvalue weighted by atomic mass is 32.1. The topological polar surface area (TPSA) is 106 Å². The molecule has 1 saturated heterocycles. The largest absolute Gasteiger partial charge is 0.378 e. The Kier molecular flexibility index (Phi) is 5.19. The van der Waals surface area contributed by atoms with Crippen LogP contribution in [0.15, 0.2) is 55.0 Å². The van der Waals surface area contributed by atoms with Gasteiger partial charge in [0.05, 0.1) is 18.1 Å². The van der Waals surface area contributed by atoms with Gasteiger partial charge in [-0.3, -0.25) is 4.79 Å². The fourth-order valence-electron chi connectivity index (χ4n) is 3.50. The van der Waals surface area contributed by atoms with Crippen molar-refractivity contribution in [2.75, 3.05) is 42.3 Å². The minimum absolute atomic E-state index is 0.227. The molecule has 1 aliphatic rings. The van der Waals surface area contributed by atoms with Gasteiger partial charge in [0.1, 0.15) is 11.6 Å². The number of nitrogens with one attached hydrogen (secondary N) is 1. The van der Waals surface area contributed by atoms with Crippen molar-refractivity contribution in [1.29, 1.82) is 0 Å². The Morgan fingerprint density at radius 2 is 1.90 bits per heavy atom. The van der Waals surface area contributed by atoms with Crippen LogP contribution in [0.5, 0.6) is 0 Å². The summed E-state index contributed by atoms with van der Waals surface area (Å²) in [4.78, 5) is 28.8. The number of rotatable bonds is 4. The van der Waals surface area contributed by atoms with Gasteiger partial charge < -0.3 is 20.7 Å². The van der Waals surface area contributed by atoms with Gasteiger partial charge in [-0.15, -0.1) is 0 Å². The number of nitrogens with two attached hydrogens (primary N) is 1. The van der Waals surface area contributed by atoms with Gasteiger partial charge in [-0.1, -0.05) is 23.5 Å². The molecular formula is C22H20N6O2S. The average Bonchev–Trinajstić information content (AvgIpc) is 3.25. The van der Waals surface area contributed by atoms with Gasteiger partial charge in [0.2, 0.25) is 0 Å². The molecule has 8 nitrogen and oxygen atoms in total. The number of carbonyl (C=O) groups excluding carboxylic acids is 1. The predicted octanol–water partition coefficient (Wildman–Crippen LogP) is 3.42. The van der Waals surface area contributed by atoms with Crippen LogP contribution in [-0.2, 0) is 4.74 Å². The second kappa shape index (κ2) is 8.29. The Hall–Kier alpha value is -3.56. The first-order valence-corrected chi connectivity index (χ1v) is 10.7. The van der Waals surface area contributed by atoms with Crippen LogP contribution in [0, 0.1) is 0 Å². The molecule has 3 N–H and O–H groups in total. The van der Waals surface area contributed by atoms with Crippen LogP contribution in [0.4, 0.5) is 16.8 Å². The lowest BCUT2D eigenvalue weighted by atomic mass is 10.1. The molecule has 0 spiro atoms. The van der Waals surface area contributed by atoms with Gasteiger partial charge in [0.25, 0.3) is 5.91 Å². The van der Waals surface area contributed by atoms with Crippen LogP contribution in [-0.4, -0.2) is 47.2 Å². The van der Waals surface area contributed by atoms with E-state index in [-0.39, 0.29) is 5.91 Å². The summed E-state index contributed by atoms with van der Waals surface area (Å²) in [5.74, 6) is 1.04. The van der Waals surface area contributed by atoms with E-state index in [0.717, 1.165) is 40.1 Å². The number of carbonyl (C=O) groups is 1. The Morgan fingerprint density at radius 1 is 1.03 bits per heavy atom. The molecule has 4 aromatic rings. The maximum absolute atomic E-state index is 12.8. The molecule has 0 saturated carbocycles. The number of fused-ring (bicyclic) bond motifs is 1. The van der Waals surface area contributed by atoms with E-state index in [0.29, 0.717) is 29.7 Å². The zero-order chi connectivity index (χ0) is 21.2. The minimum atomic E-state index is -0.227. The van der Waals surface area contributed by atoms with E-state index in [4.69, 9.17) is 10.5 Å². The number of hydrogen-bond acceptors (Lipinski definition) is 8. The number of nitrogen functional groups attached to an aromatic ring is 1. The number of nitrogens with zero attached hydrogens (tertiary/aromatic N) is 4. The van der Waals surface area contributed by atoms with Crippen molar-refractivity contribution < 1.29 is 9.53 Å². The standard InChI is InChI=1S/C22H20N6O2S/c23-22-26-13-18(31-22)14-1-2-16-12-25-19(10-17(16)9-14)27-21(29)15-3-4-24-20(11-15)28-5-7-30-8-6-28/h1-4,9-13H,5-8H2,(H2,23,26)(H,25,27,29). The van der Waals surface area contributed by atoms with Crippen LogP contribution >= 0.6 is 11.3 Å². The zero-order valence-corrected chi connectivity index (χ0v) is 17.4. The van der Waals surface area contributed by atoms with Crippen molar-refractivity contribution in [3.05, 3.63) is 60.6 Å². The summed E-state index contributed by atoms with van der Waals surface area (Å²) in [7, 11) is 0. The first-order chi connectivity index (χ1) is 15.2. The lowest BCUT2D eigenvalue weighted by molar-refractivity contribution is 0.102. The van der Waals surface area contributed by atoms with E-state index in [1.165, 1.54) is 11.3 Å². The lowest BCUT2D eigenvalue weighted by Crippen LogP contribution is -2.36. The quantitative estimate of drug-likeness (QED) is 0.509. The second-order valence-electron chi connectivity index (χ2n) is 7.15. The van der Waals surface area contributed by atoms with Crippen molar-refractivity contribution in [2.24, 2.45) is 0 Å². The van der Waals surface area contributed by atoms with Gasteiger partial charge in [-0.05, 0) is 35.2 Å². The van der Waals surface area contributed by atoms with Gasteiger partial charge in [-0.2, -0.15) is 0 Å². The fraction of sp³-hybridized carbons (Fsp3) is 0.182. The van der Waals surface area contributed by atoms with Crippen LogP contribution in [0.3, 0.4) is 0 Å². The van der Waals surface area contributed by atoms with Gasteiger partial charge in [-0.25, -0.2) is 15.0 Å². The molecule has 5 rings (SSSR count). The third-order valence-electron chi connectivity index (χ3n) is 5.11. The van der Waals surface area contributed by atoms with E-state index in [9.17, 15) is 4.79 Å². The third kappa shape index (κ3) is 4.18. The Labute approximate surface area is 182 Å². The number of amides is 1. The van der Waals surface area contributed by atoms with Crippen LogP contribution < -0.4 is 16.0 Å². The number of aromatic nitrogens is 3.